The third-order valence-corrected chi connectivity index (χ3v) is 5.93. The van der Waals surface area contributed by atoms with Gasteiger partial charge in [-0.25, -0.2) is 9.97 Å². The van der Waals surface area contributed by atoms with E-state index in [1.54, 1.807) is 6.33 Å². The van der Waals surface area contributed by atoms with E-state index >= 15 is 0 Å². The van der Waals surface area contributed by atoms with Gasteiger partial charge in [-0.15, -0.1) is 0 Å². The zero-order valence-electron chi connectivity index (χ0n) is 16.9. The van der Waals surface area contributed by atoms with Crippen molar-refractivity contribution in [3.8, 4) is 16.8 Å². The van der Waals surface area contributed by atoms with Gasteiger partial charge >= 0.3 is 0 Å². The van der Waals surface area contributed by atoms with E-state index in [1.807, 2.05) is 0 Å². The molecule has 0 radical (unpaired) electrons. The van der Waals surface area contributed by atoms with E-state index in [-0.39, 0.29) is 0 Å². The highest BCUT2D eigenvalue weighted by atomic mass is 15.2. The van der Waals surface area contributed by atoms with Crippen LogP contribution in [0.1, 0.15) is 31.2 Å². The van der Waals surface area contributed by atoms with Crippen LogP contribution >= 0.6 is 0 Å². The van der Waals surface area contributed by atoms with Crippen LogP contribution in [0, 0.1) is 6.92 Å². The van der Waals surface area contributed by atoms with Gasteiger partial charge in [-0.2, -0.15) is 0 Å². The minimum absolute atomic E-state index is 0.979. The maximum Gasteiger partial charge on any atom is 0.150 e. The van der Waals surface area contributed by atoms with Crippen LogP contribution in [-0.2, 0) is 0 Å². The number of anilines is 1. The highest BCUT2D eigenvalue weighted by molar-refractivity contribution is 6.02. The summed E-state index contributed by atoms with van der Waals surface area (Å²) in [6, 6.07) is 19.1. The lowest BCUT2D eigenvalue weighted by atomic mass is 10.1. The van der Waals surface area contributed by atoms with Crippen molar-refractivity contribution < 1.29 is 0 Å². The molecular formula is C25H26N4. The van der Waals surface area contributed by atoms with Gasteiger partial charge in [0, 0.05) is 30.5 Å². The van der Waals surface area contributed by atoms with Crippen LogP contribution in [-0.4, -0.2) is 27.6 Å². The first-order chi connectivity index (χ1) is 14.3. The first kappa shape index (κ1) is 17.9. The van der Waals surface area contributed by atoms with Crippen molar-refractivity contribution in [2.24, 2.45) is 0 Å². The van der Waals surface area contributed by atoms with Crippen molar-refractivity contribution >= 4 is 16.9 Å². The van der Waals surface area contributed by atoms with E-state index in [1.165, 1.54) is 48.1 Å². The molecule has 4 heteroatoms. The van der Waals surface area contributed by atoms with Crippen molar-refractivity contribution in [3.05, 3.63) is 72.7 Å². The maximum absolute atomic E-state index is 4.79. The summed E-state index contributed by atoms with van der Waals surface area (Å²) in [6.07, 6.45) is 9.03. The summed E-state index contributed by atoms with van der Waals surface area (Å²) in [5.74, 6) is 1.07. The van der Waals surface area contributed by atoms with Crippen LogP contribution < -0.4 is 4.90 Å². The van der Waals surface area contributed by atoms with Crippen LogP contribution in [0.2, 0.25) is 0 Å². The van der Waals surface area contributed by atoms with Crippen LogP contribution in [0.15, 0.2) is 67.1 Å². The Kier molecular flexibility index (Phi) is 4.76. The number of fused-ring (bicyclic) bond motifs is 1. The second-order valence-corrected chi connectivity index (χ2v) is 7.86. The zero-order chi connectivity index (χ0) is 19.6. The largest absolute Gasteiger partial charge is 0.356 e. The molecule has 3 heterocycles. The van der Waals surface area contributed by atoms with E-state index in [4.69, 9.17) is 9.97 Å². The minimum Gasteiger partial charge on any atom is -0.356 e. The zero-order valence-corrected chi connectivity index (χ0v) is 16.9. The number of hydrogen-bond donors (Lipinski definition) is 0. The molecule has 146 valence electrons. The van der Waals surface area contributed by atoms with Crippen molar-refractivity contribution in [1.29, 1.82) is 0 Å². The molecular weight excluding hydrogens is 356 g/mol. The van der Waals surface area contributed by atoms with Gasteiger partial charge in [0.2, 0.25) is 0 Å². The number of aryl methyl sites for hydroxylation is 1. The molecule has 4 nitrogen and oxygen atoms in total. The summed E-state index contributed by atoms with van der Waals surface area (Å²) in [6.45, 7) is 4.28. The van der Waals surface area contributed by atoms with E-state index < -0.39 is 0 Å². The predicted octanol–water partition coefficient (Wildman–Crippen LogP) is 5.78. The van der Waals surface area contributed by atoms with E-state index in [0.29, 0.717) is 0 Å². The first-order valence-corrected chi connectivity index (χ1v) is 10.6. The SMILES string of the molecule is Cc1ccccc1-n1cc(-c2ccccc2)c2c(N3CCCCCC3)ncnc21. The molecule has 0 unspecified atom stereocenters. The van der Waals surface area contributed by atoms with Crippen LogP contribution in [0.5, 0.6) is 0 Å². The van der Waals surface area contributed by atoms with Gasteiger partial charge in [0.15, 0.2) is 5.65 Å². The molecule has 0 saturated carbocycles. The van der Waals surface area contributed by atoms with Gasteiger partial charge in [0.05, 0.1) is 5.39 Å². The highest BCUT2D eigenvalue weighted by Crippen LogP contribution is 2.37. The molecule has 1 saturated heterocycles. The lowest BCUT2D eigenvalue weighted by Gasteiger charge is -2.22. The van der Waals surface area contributed by atoms with Crippen molar-refractivity contribution in [2.45, 2.75) is 32.6 Å². The summed E-state index contributed by atoms with van der Waals surface area (Å²) in [5, 5.41) is 1.16. The summed E-state index contributed by atoms with van der Waals surface area (Å²) in [7, 11) is 0. The van der Waals surface area contributed by atoms with Crippen LogP contribution in [0.4, 0.5) is 5.82 Å². The average molecular weight is 383 g/mol. The fourth-order valence-corrected chi connectivity index (χ4v) is 4.42. The number of aromatic nitrogens is 3. The van der Waals surface area contributed by atoms with Crippen molar-refractivity contribution in [2.75, 3.05) is 18.0 Å². The second-order valence-electron chi connectivity index (χ2n) is 7.86. The molecule has 1 aliphatic heterocycles. The molecule has 0 N–H and O–H groups in total. The summed E-state index contributed by atoms with van der Waals surface area (Å²) < 4.78 is 2.23. The molecule has 4 aromatic rings. The third kappa shape index (κ3) is 3.29. The topological polar surface area (TPSA) is 34.0 Å². The fraction of sp³-hybridized carbons (Fsp3) is 0.280. The molecule has 1 fully saturated rings. The molecule has 1 aliphatic rings. The number of rotatable bonds is 3. The van der Waals surface area contributed by atoms with Gasteiger partial charge in [0.1, 0.15) is 12.1 Å². The Bertz CT molecular complexity index is 1120. The third-order valence-electron chi connectivity index (χ3n) is 5.93. The standard InChI is InChI=1S/C25H26N4/c1-19-11-7-8-14-22(19)29-17-21(20-12-5-4-6-13-20)23-24(26-18-27-25(23)29)28-15-9-2-3-10-16-28/h4-8,11-14,17-18H,2-3,9-10,15-16H2,1H3. The summed E-state index contributed by atoms with van der Waals surface area (Å²) >= 11 is 0. The van der Waals surface area contributed by atoms with Gasteiger partial charge in [-0.1, -0.05) is 61.4 Å². The molecule has 0 spiro atoms. The van der Waals surface area contributed by atoms with Crippen LogP contribution in [0.25, 0.3) is 27.8 Å². The van der Waals surface area contributed by atoms with E-state index in [9.17, 15) is 0 Å². The molecule has 2 aromatic carbocycles. The monoisotopic (exact) mass is 382 g/mol. The lowest BCUT2D eigenvalue weighted by Crippen LogP contribution is -2.25. The summed E-state index contributed by atoms with van der Waals surface area (Å²) in [4.78, 5) is 12.0. The molecule has 0 aliphatic carbocycles. The Morgan fingerprint density at radius 2 is 1.52 bits per heavy atom. The molecule has 2 aromatic heterocycles. The number of nitrogens with zero attached hydrogens (tertiary/aromatic N) is 4. The average Bonchev–Trinajstić information content (AvgIpc) is 2.95. The van der Waals surface area contributed by atoms with E-state index in [0.717, 1.165) is 29.9 Å². The molecule has 0 bridgehead atoms. The number of benzene rings is 2. The van der Waals surface area contributed by atoms with Gasteiger partial charge in [-0.05, 0) is 37.0 Å². The van der Waals surface area contributed by atoms with Crippen LogP contribution in [0.3, 0.4) is 0 Å². The quantitative estimate of drug-likeness (QED) is 0.451. The molecule has 0 atom stereocenters. The van der Waals surface area contributed by atoms with Gasteiger partial charge in [0.25, 0.3) is 0 Å². The Labute approximate surface area is 171 Å². The first-order valence-electron chi connectivity index (χ1n) is 10.6. The Morgan fingerprint density at radius 1 is 0.793 bits per heavy atom. The number of para-hydroxylation sites is 1. The smallest absolute Gasteiger partial charge is 0.150 e. The summed E-state index contributed by atoms with van der Waals surface area (Å²) in [5.41, 5.74) is 5.78. The van der Waals surface area contributed by atoms with Gasteiger partial charge in [-0.3, -0.25) is 0 Å². The molecule has 5 rings (SSSR count). The number of hydrogen-bond acceptors (Lipinski definition) is 3. The van der Waals surface area contributed by atoms with E-state index in [2.05, 4.69) is 77.2 Å². The predicted molar refractivity (Wildman–Crippen MR) is 120 cm³/mol. The molecule has 29 heavy (non-hydrogen) atoms. The second kappa shape index (κ2) is 7.70. The Balaban J connectivity index is 1.78. The minimum atomic E-state index is 0.979. The highest BCUT2D eigenvalue weighted by Gasteiger charge is 2.21. The van der Waals surface area contributed by atoms with Crippen molar-refractivity contribution in [1.82, 2.24) is 14.5 Å². The lowest BCUT2D eigenvalue weighted by molar-refractivity contribution is 0.726. The fourth-order valence-electron chi connectivity index (χ4n) is 4.42. The molecule has 0 amide bonds. The maximum atomic E-state index is 4.79. The van der Waals surface area contributed by atoms with Gasteiger partial charge < -0.3 is 9.47 Å². The Morgan fingerprint density at radius 3 is 2.28 bits per heavy atom. The van der Waals surface area contributed by atoms with Crippen molar-refractivity contribution in [3.63, 3.8) is 0 Å². The normalized spacial score (nSPS) is 14.9. The Hall–Kier alpha value is -3.14.